The number of nitrogens with zero attached hydrogens (tertiary/aromatic N) is 2. The SMILES string of the molecule is CN(C(=O)/C=C/c1ccoc1)[C@@H]1CC[C@@]2(O)[C@H]3Cc4ccc(O)c5c4[C@@]2(CCN3CC2CC2)[C@@]1(C)O5. The van der Waals surface area contributed by atoms with Crippen LogP contribution in [0.3, 0.4) is 0 Å². The van der Waals surface area contributed by atoms with Crippen LogP contribution in [0.1, 0.15) is 55.7 Å². The van der Waals surface area contributed by atoms with Crippen molar-refractivity contribution in [3.05, 3.63) is 53.5 Å². The van der Waals surface area contributed by atoms with Crippen LogP contribution in [0.2, 0.25) is 0 Å². The minimum absolute atomic E-state index is 0.0145. The van der Waals surface area contributed by atoms with Crippen LogP contribution in [0.5, 0.6) is 11.5 Å². The van der Waals surface area contributed by atoms with Gasteiger partial charge in [-0.15, -0.1) is 0 Å². The van der Waals surface area contributed by atoms with Crippen LogP contribution in [0.15, 0.2) is 41.2 Å². The van der Waals surface area contributed by atoms with Gasteiger partial charge in [-0.2, -0.15) is 0 Å². The number of ether oxygens (including phenoxy) is 1. The Labute approximate surface area is 211 Å². The Hall–Kier alpha value is -2.77. The highest BCUT2D eigenvalue weighted by Crippen LogP contribution is 2.69. The molecule has 5 atom stereocenters. The molecule has 2 aromatic rings. The molecule has 2 aliphatic heterocycles. The van der Waals surface area contributed by atoms with Gasteiger partial charge < -0.3 is 24.3 Å². The fourth-order valence-corrected chi connectivity index (χ4v) is 8.28. The topological polar surface area (TPSA) is 86.4 Å². The van der Waals surface area contributed by atoms with Crippen LogP contribution < -0.4 is 4.74 Å². The van der Waals surface area contributed by atoms with Crippen molar-refractivity contribution in [1.82, 2.24) is 9.80 Å². The second kappa shape index (κ2) is 7.39. The van der Waals surface area contributed by atoms with Crippen molar-refractivity contribution >= 4 is 12.0 Å². The van der Waals surface area contributed by atoms with Gasteiger partial charge in [0, 0.05) is 36.8 Å². The van der Waals surface area contributed by atoms with Gasteiger partial charge in [-0.3, -0.25) is 9.69 Å². The number of furan rings is 1. The maximum Gasteiger partial charge on any atom is 0.246 e. The molecule has 3 aliphatic carbocycles. The molecular formula is C29H34N2O5. The lowest BCUT2D eigenvalue weighted by Gasteiger charge is -2.68. The number of piperidine rings is 1. The minimum Gasteiger partial charge on any atom is -0.504 e. The number of likely N-dealkylation sites (N-methyl/N-ethyl adjacent to an activating group) is 1. The van der Waals surface area contributed by atoms with Crippen LogP contribution in [-0.4, -0.2) is 69.3 Å². The highest BCUT2D eigenvalue weighted by Gasteiger charge is 2.78. The highest BCUT2D eigenvalue weighted by molar-refractivity contribution is 5.92. The van der Waals surface area contributed by atoms with Crippen LogP contribution in [0.4, 0.5) is 0 Å². The summed E-state index contributed by atoms with van der Waals surface area (Å²) in [4.78, 5) is 17.6. The monoisotopic (exact) mass is 490 g/mol. The zero-order valence-electron chi connectivity index (χ0n) is 20.9. The maximum absolute atomic E-state index is 13.3. The Morgan fingerprint density at radius 3 is 2.83 bits per heavy atom. The molecule has 2 N–H and O–H groups in total. The first-order valence-electron chi connectivity index (χ1n) is 13.3. The molecule has 7 heteroatoms. The Morgan fingerprint density at radius 1 is 1.25 bits per heavy atom. The molecule has 1 saturated heterocycles. The molecule has 190 valence electrons. The van der Waals surface area contributed by atoms with Crippen molar-refractivity contribution in [2.45, 2.75) is 74.1 Å². The lowest BCUT2D eigenvalue weighted by Crippen LogP contribution is -2.82. The average Bonchev–Trinajstić information content (AvgIpc) is 3.41. The number of likely N-dealkylation sites (tertiary alicyclic amines) is 1. The van der Waals surface area contributed by atoms with Crippen molar-refractivity contribution in [2.24, 2.45) is 5.92 Å². The van der Waals surface area contributed by atoms with Gasteiger partial charge in [-0.1, -0.05) is 6.07 Å². The van der Waals surface area contributed by atoms with Crippen molar-refractivity contribution in [2.75, 3.05) is 20.1 Å². The molecule has 7 nitrogen and oxygen atoms in total. The lowest BCUT2D eigenvalue weighted by molar-refractivity contribution is -0.229. The van der Waals surface area contributed by atoms with Crippen molar-refractivity contribution < 1.29 is 24.2 Å². The fraction of sp³-hybridized carbons (Fsp3) is 0.552. The average molecular weight is 491 g/mol. The van der Waals surface area contributed by atoms with Gasteiger partial charge >= 0.3 is 0 Å². The second-order valence-electron chi connectivity index (χ2n) is 11.8. The first-order valence-corrected chi connectivity index (χ1v) is 13.3. The van der Waals surface area contributed by atoms with Gasteiger partial charge in [-0.25, -0.2) is 0 Å². The van der Waals surface area contributed by atoms with Gasteiger partial charge in [0.15, 0.2) is 11.5 Å². The highest BCUT2D eigenvalue weighted by atomic mass is 16.5. The number of carbonyl (C=O) groups excluding carboxylic acids is 1. The summed E-state index contributed by atoms with van der Waals surface area (Å²) >= 11 is 0. The van der Waals surface area contributed by atoms with E-state index in [1.54, 1.807) is 35.6 Å². The third kappa shape index (κ3) is 2.73. The minimum atomic E-state index is -0.978. The third-order valence-corrected chi connectivity index (χ3v) is 10.1. The number of carbonyl (C=O) groups is 1. The smallest absolute Gasteiger partial charge is 0.246 e. The normalized spacial score (nSPS) is 36.5. The molecule has 7 rings (SSSR count). The van der Waals surface area contributed by atoms with E-state index in [-0.39, 0.29) is 23.7 Å². The van der Waals surface area contributed by atoms with E-state index in [2.05, 4.69) is 11.8 Å². The molecular weight excluding hydrogens is 456 g/mol. The predicted octanol–water partition coefficient (Wildman–Crippen LogP) is 3.48. The summed E-state index contributed by atoms with van der Waals surface area (Å²) in [5.41, 5.74) is 0.447. The Balaban J connectivity index is 1.32. The molecule has 36 heavy (non-hydrogen) atoms. The predicted molar refractivity (Wildman–Crippen MR) is 134 cm³/mol. The van der Waals surface area contributed by atoms with Gasteiger partial charge in [-0.05, 0) is 81.7 Å². The molecule has 0 radical (unpaired) electrons. The van der Waals surface area contributed by atoms with Crippen LogP contribution in [0, 0.1) is 5.92 Å². The molecule has 5 aliphatic rings. The summed E-state index contributed by atoms with van der Waals surface area (Å²) in [6.07, 6.45) is 11.8. The molecule has 3 fully saturated rings. The van der Waals surface area contributed by atoms with E-state index >= 15 is 0 Å². The van der Waals surface area contributed by atoms with Gasteiger partial charge in [0.1, 0.15) is 5.60 Å². The molecule has 3 heterocycles. The maximum atomic E-state index is 13.3. The number of hydrogen-bond acceptors (Lipinski definition) is 6. The third-order valence-electron chi connectivity index (χ3n) is 10.1. The number of phenolic OH excluding ortho intramolecular Hbond substituents is 1. The number of hydrogen-bond donors (Lipinski definition) is 2. The number of aliphatic hydroxyl groups is 1. The van der Waals surface area contributed by atoms with Gasteiger partial charge in [0.25, 0.3) is 0 Å². The molecule has 1 spiro atoms. The molecule has 1 aromatic heterocycles. The summed E-state index contributed by atoms with van der Waals surface area (Å²) in [5.74, 6) is 1.25. The Morgan fingerprint density at radius 2 is 2.08 bits per heavy atom. The zero-order chi connectivity index (χ0) is 24.9. The summed E-state index contributed by atoms with van der Waals surface area (Å²) < 4.78 is 11.9. The number of aromatic hydroxyl groups is 1. The molecule has 2 saturated carbocycles. The molecule has 2 bridgehead atoms. The van der Waals surface area contributed by atoms with E-state index in [4.69, 9.17) is 9.15 Å². The molecule has 1 amide bonds. The van der Waals surface area contributed by atoms with Crippen LogP contribution in [0.25, 0.3) is 6.08 Å². The molecule has 0 unspecified atom stereocenters. The fourth-order valence-electron chi connectivity index (χ4n) is 8.28. The largest absolute Gasteiger partial charge is 0.504 e. The number of phenols is 1. The summed E-state index contributed by atoms with van der Waals surface area (Å²) in [6.45, 7) is 4.00. The summed E-state index contributed by atoms with van der Waals surface area (Å²) in [7, 11) is 1.83. The van der Waals surface area contributed by atoms with Crippen LogP contribution in [-0.2, 0) is 16.6 Å². The standard InChI is InChI=1S/C29H34N2O5/c1-27-22(30(2)24(33)8-5-19-10-14-35-17-19)9-11-29(34)23-15-20-6-7-21(32)26(36-27)25(20)28(27,29)12-13-31(23)16-18-3-4-18/h5-8,10,14,17-18,22-23,32,34H,3-4,9,11-13,15-16H2,1-2H3/b8-5+/t22-,23-,27+,28+,29-/m1/s1. The summed E-state index contributed by atoms with van der Waals surface area (Å²) in [5, 5.41) is 23.6. The van der Waals surface area contributed by atoms with Crippen LogP contribution >= 0.6 is 0 Å². The van der Waals surface area contributed by atoms with Gasteiger partial charge in [0.2, 0.25) is 5.91 Å². The Bertz CT molecular complexity index is 1250. The van der Waals surface area contributed by atoms with E-state index in [1.165, 1.54) is 12.8 Å². The van der Waals surface area contributed by atoms with Crippen molar-refractivity contribution in [3.63, 3.8) is 0 Å². The summed E-state index contributed by atoms with van der Waals surface area (Å²) in [6, 6.07) is 5.32. The van der Waals surface area contributed by atoms with Gasteiger partial charge in [0.05, 0.1) is 29.6 Å². The first-order chi connectivity index (χ1) is 17.3. The Kier molecular flexibility index (Phi) is 4.60. The van der Waals surface area contributed by atoms with E-state index in [9.17, 15) is 15.0 Å². The number of amides is 1. The second-order valence-corrected chi connectivity index (χ2v) is 11.8. The van der Waals surface area contributed by atoms with E-state index in [1.807, 2.05) is 19.2 Å². The van der Waals surface area contributed by atoms with E-state index < -0.39 is 16.6 Å². The van der Waals surface area contributed by atoms with Crippen molar-refractivity contribution in [3.8, 4) is 11.5 Å². The van der Waals surface area contributed by atoms with E-state index in [0.717, 1.165) is 48.5 Å². The lowest BCUT2D eigenvalue weighted by atomic mass is 9.44. The zero-order valence-corrected chi connectivity index (χ0v) is 20.9. The number of benzene rings is 1. The quantitative estimate of drug-likeness (QED) is 0.625. The number of rotatable bonds is 5. The van der Waals surface area contributed by atoms with E-state index in [0.29, 0.717) is 18.6 Å². The van der Waals surface area contributed by atoms with Crippen molar-refractivity contribution in [1.29, 1.82) is 0 Å². The first kappa shape index (κ1) is 22.4. The molecule has 1 aromatic carbocycles.